The van der Waals surface area contributed by atoms with Crippen LogP contribution in [0.5, 0.6) is 5.75 Å². The Morgan fingerprint density at radius 1 is 1.28 bits per heavy atom. The van der Waals surface area contributed by atoms with Crippen molar-refractivity contribution in [3.63, 3.8) is 0 Å². The monoisotopic (exact) mass is 380 g/mol. The Balaban J connectivity index is 2.13. The van der Waals surface area contributed by atoms with Gasteiger partial charge in [0.25, 0.3) is 5.91 Å². The molecule has 1 aliphatic heterocycles. The second kappa shape index (κ2) is 5.34. The lowest BCUT2D eigenvalue weighted by Gasteiger charge is -2.18. The van der Waals surface area contributed by atoms with E-state index in [0.717, 1.165) is 18.3 Å². The van der Waals surface area contributed by atoms with Crippen LogP contribution in [0, 0.1) is 5.82 Å². The molecule has 0 atom stereocenters. The van der Waals surface area contributed by atoms with Gasteiger partial charge in [0.15, 0.2) is 5.82 Å². The summed E-state index contributed by atoms with van der Waals surface area (Å²) in [7, 11) is -4.42. The smallest absolute Gasteiger partial charge is 0.504 e. The summed E-state index contributed by atoms with van der Waals surface area (Å²) in [4.78, 5) is 11.3. The van der Waals surface area contributed by atoms with Gasteiger partial charge in [-0.1, -0.05) is 0 Å². The van der Waals surface area contributed by atoms with Crippen molar-refractivity contribution in [3.05, 3.63) is 30.3 Å². The van der Waals surface area contributed by atoms with E-state index in [1.165, 1.54) is 0 Å². The van der Waals surface area contributed by atoms with Gasteiger partial charge in [-0.05, 0) is 12.1 Å². The number of aromatic nitrogens is 2. The van der Waals surface area contributed by atoms with E-state index in [9.17, 15) is 35.9 Å². The fourth-order valence-electron chi connectivity index (χ4n) is 2.26. The second-order valence-corrected chi connectivity index (χ2v) is 6.57. The fourth-order valence-corrected chi connectivity index (χ4v) is 3.42. The molecular formula is C12H8F4N4O4S. The fraction of sp³-hybridized carbons (Fsp3) is 0.167. The van der Waals surface area contributed by atoms with Gasteiger partial charge in [0.1, 0.15) is 18.0 Å². The van der Waals surface area contributed by atoms with E-state index in [1.54, 1.807) is 4.72 Å². The summed E-state index contributed by atoms with van der Waals surface area (Å²) in [6, 6.07) is 1.86. The number of rotatable bonds is 2. The average Bonchev–Trinajstić information content (AvgIpc) is 3.04. The molecular weight excluding hydrogens is 372 g/mol. The van der Waals surface area contributed by atoms with E-state index >= 15 is 0 Å². The number of phenols is 1. The third kappa shape index (κ3) is 2.86. The molecule has 2 aromatic rings. The number of hydrogen-bond donors (Lipinski definition) is 2. The van der Waals surface area contributed by atoms with Crippen molar-refractivity contribution >= 4 is 21.8 Å². The van der Waals surface area contributed by atoms with Crippen molar-refractivity contribution < 1.29 is 35.9 Å². The van der Waals surface area contributed by atoms with Crippen LogP contribution in [-0.4, -0.2) is 35.8 Å². The zero-order chi connectivity index (χ0) is 18.6. The number of benzene rings is 1. The quantitative estimate of drug-likeness (QED) is 0.758. The maximum atomic E-state index is 14.7. The Bertz CT molecular complexity index is 970. The molecule has 0 aliphatic carbocycles. The van der Waals surface area contributed by atoms with Crippen LogP contribution < -0.4 is 9.03 Å². The highest BCUT2D eigenvalue weighted by Crippen LogP contribution is 2.39. The lowest BCUT2D eigenvalue weighted by Crippen LogP contribution is -2.30. The van der Waals surface area contributed by atoms with Crippen molar-refractivity contribution in [1.82, 2.24) is 14.5 Å². The Hall–Kier alpha value is -2.83. The van der Waals surface area contributed by atoms with E-state index in [2.05, 4.69) is 5.10 Å². The van der Waals surface area contributed by atoms with Crippen molar-refractivity contribution in [1.29, 1.82) is 0 Å². The third-order valence-electron chi connectivity index (χ3n) is 3.32. The number of halogens is 4. The maximum Gasteiger partial charge on any atom is 0.504 e. The van der Waals surface area contributed by atoms with Crippen molar-refractivity contribution in [2.45, 2.75) is 6.30 Å². The van der Waals surface area contributed by atoms with E-state index in [1.807, 2.05) is 0 Å². The van der Waals surface area contributed by atoms with Crippen LogP contribution in [0.2, 0.25) is 0 Å². The number of nitrogens with zero attached hydrogens (tertiary/aromatic N) is 3. The highest BCUT2D eigenvalue weighted by atomic mass is 32.2. The standard InChI is InChI=1S/C12H8F4N4O4S/c13-10-7(6-3-17-20(4-6)12(14,15)16)1-2-8(21)11(10)19-5-9(22)18-25(19,23)24/h1-4,21H,5H2,(H,18,22). The Morgan fingerprint density at radius 2 is 1.96 bits per heavy atom. The summed E-state index contributed by atoms with van der Waals surface area (Å²) in [5.41, 5.74) is -1.58. The Kier molecular flexibility index (Phi) is 3.63. The van der Waals surface area contributed by atoms with Crippen molar-refractivity contribution in [3.8, 4) is 16.9 Å². The molecule has 8 nitrogen and oxygen atoms in total. The van der Waals surface area contributed by atoms with Gasteiger partial charge in [-0.3, -0.25) is 4.79 Å². The van der Waals surface area contributed by atoms with Gasteiger partial charge >= 0.3 is 16.5 Å². The number of carbonyl (C=O) groups excluding carboxylic acids is 1. The van der Waals surface area contributed by atoms with Gasteiger partial charge in [-0.2, -0.15) is 18.2 Å². The van der Waals surface area contributed by atoms with Crippen LogP contribution in [0.4, 0.5) is 23.2 Å². The van der Waals surface area contributed by atoms with Crippen LogP contribution in [0.1, 0.15) is 0 Å². The predicted molar refractivity (Wildman–Crippen MR) is 75.0 cm³/mol. The van der Waals surface area contributed by atoms with Crippen LogP contribution in [0.15, 0.2) is 24.5 Å². The zero-order valence-electron chi connectivity index (χ0n) is 12.0. The lowest BCUT2D eigenvalue weighted by atomic mass is 10.1. The Labute approximate surface area is 137 Å². The number of carbonyl (C=O) groups is 1. The number of anilines is 1. The van der Waals surface area contributed by atoms with Crippen molar-refractivity contribution in [2.24, 2.45) is 0 Å². The average molecular weight is 380 g/mol. The molecule has 0 bridgehead atoms. The lowest BCUT2D eigenvalue weighted by molar-refractivity contribution is -0.212. The highest BCUT2D eigenvalue weighted by molar-refractivity contribution is 7.92. The van der Waals surface area contributed by atoms with Gasteiger partial charge in [0, 0.05) is 17.3 Å². The van der Waals surface area contributed by atoms with Crippen molar-refractivity contribution in [2.75, 3.05) is 10.8 Å². The van der Waals surface area contributed by atoms with Gasteiger partial charge in [-0.15, -0.1) is 13.2 Å². The largest absolute Gasteiger partial charge is 0.506 e. The minimum atomic E-state index is -4.82. The molecule has 1 aromatic heterocycles. The first-order valence-electron chi connectivity index (χ1n) is 6.48. The molecule has 25 heavy (non-hydrogen) atoms. The van der Waals surface area contributed by atoms with E-state index in [-0.39, 0.29) is 14.6 Å². The number of nitrogens with one attached hydrogen (secondary N) is 1. The minimum Gasteiger partial charge on any atom is -0.506 e. The number of alkyl halides is 3. The summed E-state index contributed by atoms with van der Waals surface area (Å²) >= 11 is 0. The summed E-state index contributed by atoms with van der Waals surface area (Å²) in [5, 5.41) is 12.8. The summed E-state index contributed by atoms with van der Waals surface area (Å²) in [6.07, 6.45) is -3.58. The van der Waals surface area contributed by atoms with Crippen LogP contribution in [-0.2, 0) is 21.3 Å². The molecule has 0 spiro atoms. The summed E-state index contributed by atoms with van der Waals surface area (Å²) < 4.78 is 77.6. The SMILES string of the molecule is O=C1CN(c2c(O)ccc(-c3cnn(C(F)(F)F)c3)c2F)S(=O)(=O)N1. The first-order chi connectivity index (χ1) is 11.5. The number of aromatic hydroxyl groups is 1. The molecule has 1 aromatic carbocycles. The molecule has 3 rings (SSSR count). The summed E-state index contributed by atoms with van der Waals surface area (Å²) in [6.45, 7) is -0.780. The Morgan fingerprint density at radius 3 is 2.48 bits per heavy atom. The van der Waals surface area contributed by atoms with Gasteiger partial charge in [-0.25, -0.2) is 13.4 Å². The molecule has 0 unspecified atom stereocenters. The molecule has 0 radical (unpaired) electrons. The van der Waals surface area contributed by atoms with E-state index in [4.69, 9.17) is 0 Å². The molecule has 2 heterocycles. The highest BCUT2D eigenvalue weighted by Gasteiger charge is 2.38. The zero-order valence-corrected chi connectivity index (χ0v) is 12.8. The molecule has 1 fully saturated rings. The third-order valence-corrected chi connectivity index (χ3v) is 4.70. The van der Waals surface area contributed by atoms with E-state index < -0.39 is 51.8 Å². The van der Waals surface area contributed by atoms with Crippen LogP contribution >= 0.6 is 0 Å². The van der Waals surface area contributed by atoms with Gasteiger partial charge < -0.3 is 5.11 Å². The summed E-state index contributed by atoms with van der Waals surface area (Å²) in [5.74, 6) is -3.07. The van der Waals surface area contributed by atoms with Crippen LogP contribution in [0.25, 0.3) is 11.1 Å². The van der Waals surface area contributed by atoms with E-state index in [0.29, 0.717) is 6.20 Å². The maximum absolute atomic E-state index is 14.7. The minimum absolute atomic E-state index is 0.289. The molecule has 1 saturated heterocycles. The molecule has 1 amide bonds. The topological polar surface area (TPSA) is 105 Å². The number of hydrogen-bond acceptors (Lipinski definition) is 5. The molecule has 134 valence electrons. The van der Waals surface area contributed by atoms with Gasteiger partial charge in [0.05, 0.1) is 6.20 Å². The van der Waals surface area contributed by atoms with Gasteiger partial charge in [0.2, 0.25) is 0 Å². The first kappa shape index (κ1) is 17.0. The number of phenolic OH excluding ortho intramolecular Hbond substituents is 1. The first-order valence-corrected chi connectivity index (χ1v) is 7.92. The molecule has 13 heteroatoms. The number of amides is 1. The predicted octanol–water partition coefficient (Wildman–Crippen LogP) is 1.05. The van der Waals surface area contributed by atoms with Crippen LogP contribution in [0.3, 0.4) is 0 Å². The normalized spacial score (nSPS) is 17.0. The molecule has 1 aliphatic rings. The second-order valence-electron chi connectivity index (χ2n) is 4.97. The molecule has 0 saturated carbocycles. The molecule has 2 N–H and O–H groups in total.